The predicted octanol–water partition coefficient (Wildman–Crippen LogP) is 0.972. The molecule has 0 aliphatic carbocycles. The molecule has 3 rings (SSSR count). The third-order valence-electron chi connectivity index (χ3n) is 4.44. The highest BCUT2D eigenvalue weighted by Crippen LogP contribution is 2.23. The van der Waals surface area contributed by atoms with Crippen molar-refractivity contribution in [2.24, 2.45) is 5.84 Å². The van der Waals surface area contributed by atoms with Crippen LogP contribution in [-0.2, 0) is 22.5 Å². The number of nitrogens with one attached hydrogen (secondary N) is 1. The van der Waals surface area contributed by atoms with Crippen molar-refractivity contribution in [3.8, 4) is 0 Å². The molecular formula is C16H23N3O2. The van der Waals surface area contributed by atoms with Crippen LogP contribution in [-0.4, -0.2) is 36.1 Å². The minimum atomic E-state index is -0.376. The Balaban J connectivity index is 1.58. The second-order valence-electron chi connectivity index (χ2n) is 5.94. The lowest BCUT2D eigenvalue weighted by Gasteiger charge is -2.24. The Morgan fingerprint density at radius 1 is 1.33 bits per heavy atom. The van der Waals surface area contributed by atoms with Crippen LogP contribution in [0.4, 0.5) is 0 Å². The molecule has 0 bridgehead atoms. The smallest absolute Gasteiger partial charge is 0.263 e. The van der Waals surface area contributed by atoms with E-state index in [2.05, 4.69) is 34.6 Å². The van der Waals surface area contributed by atoms with Crippen molar-refractivity contribution in [2.75, 3.05) is 13.1 Å². The molecule has 2 atom stereocenters. The Hall–Kier alpha value is -1.43. The fraction of sp³-hybridized carbons (Fsp3) is 0.562. The van der Waals surface area contributed by atoms with Crippen LogP contribution >= 0.6 is 0 Å². The number of nitrogens with two attached hydrogens (primary N) is 1. The van der Waals surface area contributed by atoms with Crippen molar-refractivity contribution in [3.63, 3.8) is 0 Å². The minimum absolute atomic E-state index is 0.137. The number of hydrogen-bond donors (Lipinski definition) is 2. The molecule has 2 aliphatic rings. The van der Waals surface area contributed by atoms with Gasteiger partial charge in [-0.1, -0.05) is 24.3 Å². The van der Waals surface area contributed by atoms with E-state index in [1.54, 1.807) is 0 Å². The third kappa shape index (κ3) is 3.43. The molecule has 114 valence electrons. The SMILES string of the molecule is NNC(=O)C1CCC(CN2CCCc3ccccc3C2)O1. The molecule has 2 unspecified atom stereocenters. The van der Waals surface area contributed by atoms with E-state index < -0.39 is 0 Å². The molecule has 0 aromatic heterocycles. The lowest BCUT2D eigenvalue weighted by Crippen LogP contribution is -2.40. The van der Waals surface area contributed by atoms with Gasteiger partial charge in [-0.3, -0.25) is 15.1 Å². The highest BCUT2D eigenvalue weighted by molar-refractivity contribution is 5.80. The van der Waals surface area contributed by atoms with E-state index >= 15 is 0 Å². The molecule has 0 radical (unpaired) electrons. The number of rotatable bonds is 3. The van der Waals surface area contributed by atoms with Crippen LogP contribution in [0.2, 0.25) is 0 Å². The van der Waals surface area contributed by atoms with Crippen LogP contribution in [0.3, 0.4) is 0 Å². The van der Waals surface area contributed by atoms with Crippen LogP contribution in [0.1, 0.15) is 30.4 Å². The van der Waals surface area contributed by atoms with Crippen LogP contribution in [0.25, 0.3) is 0 Å². The van der Waals surface area contributed by atoms with Gasteiger partial charge in [0.2, 0.25) is 0 Å². The van der Waals surface area contributed by atoms with Gasteiger partial charge in [0.1, 0.15) is 6.10 Å². The van der Waals surface area contributed by atoms with Gasteiger partial charge in [0, 0.05) is 13.1 Å². The van der Waals surface area contributed by atoms with Gasteiger partial charge in [0.05, 0.1) is 6.10 Å². The molecule has 21 heavy (non-hydrogen) atoms. The second-order valence-corrected chi connectivity index (χ2v) is 5.94. The molecule has 1 aromatic rings. The lowest BCUT2D eigenvalue weighted by molar-refractivity contribution is -0.132. The first-order valence-electron chi connectivity index (χ1n) is 7.71. The molecule has 2 heterocycles. The standard InChI is InChI=1S/C16H23N3O2/c17-18-16(20)15-8-7-14(21-15)11-19-9-3-6-12-4-1-2-5-13(12)10-19/h1-2,4-5,14-15H,3,6-11,17H2,(H,18,20). The third-order valence-corrected chi connectivity index (χ3v) is 4.44. The maximum absolute atomic E-state index is 11.5. The second kappa shape index (κ2) is 6.56. The van der Waals surface area contributed by atoms with E-state index in [1.165, 1.54) is 17.5 Å². The molecule has 5 heteroatoms. The Morgan fingerprint density at radius 3 is 2.95 bits per heavy atom. The summed E-state index contributed by atoms with van der Waals surface area (Å²) in [7, 11) is 0. The number of hydrazine groups is 1. The molecule has 3 N–H and O–H groups in total. The van der Waals surface area contributed by atoms with Crippen molar-refractivity contribution in [2.45, 2.75) is 44.4 Å². The van der Waals surface area contributed by atoms with Crippen molar-refractivity contribution in [1.29, 1.82) is 0 Å². The molecule has 1 aromatic carbocycles. The molecule has 0 saturated carbocycles. The number of benzene rings is 1. The quantitative estimate of drug-likeness (QED) is 0.494. The summed E-state index contributed by atoms with van der Waals surface area (Å²) in [6.07, 6.45) is 3.78. The van der Waals surface area contributed by atoms with Crippen molar-refractivity contribution in [3.05, 3.63) is 35.4 Å². The summed E-state index contributed by atoms with van der Waals surface area (Å²) in [4.78, 5) is 13.9. The highest BCUT2D eigenvalue weighted by atomic mass is 16.5. The van der Waals surface area contributed by atoms with Crippen molar-refractivity contribution < 1.29 is 9.53 Å². The molecule has 0 spiro atoms. The average Bonchev–Trinajstić information content (AvgIpc) is 2.86. The van der Waals surface area contributed by atoms with Crippen LogP contribution in [0.5, 0.6) is 0 Å². The van der Waals surface area contributed by atoms with Gasteiger partial charge >= 0.3 is 0 Å². The van der Waals surface area contributed by atoms with Crippen LogP contribution in [0.15, 0.2) is 24.3 Å². The van der Waals surface area contributed by atoms with E-state index in [-0.39, 0.29) is 18.1 Å². The fourth-order valence-corrected chi connectivity index (χ4v) is 3.34. The maximum atomic E-state index is 11.5. The number of carbonyl (C=O) groups is 1. The summed E-state index contributed by atoms with van der Waals surface area (Å²) in [5.41, 5.74) is 5.06. The Morgan fingerprint density at radius 2 is 2.14 bits per heavy atom. The Kier molecular flexibility index (Phi) is 4.53. The van der Waals surface area contributed by atoms with Gasteiger partial charge in [-0.25, -0.2) is 5.84 Å². The monoisotopic (exact) mass is 289 g/mol. The van der Waals surface area contributed by atoms with Gasteiger partial charge in [0.25, 0.3) is 5.91 Å². The van der Waals surface area contributed by atoms with Crippen molar-refractivity contribution >= 4 is 5.91 Å². The van der Waals surface area contributed by atoms with Gasteiger partial charge in [-0.05, 0) is 43.4 Å². The first-order chi connectivity index (χ1) is 10.3. The first-order valence-corrected chi connectivity index (χ1v) is 7.71. The Bertz CT molecular complexity index is 506. The number of aryl methyl sites for hydroxylation is 1. The number of fused-ring (bicyclic) bond motifs is 1. The van der Waals surface area contributed by atoms with Gasteiger partial charge in [-0.2, -0.15) is 0 Å². The Labute approximate surface area is 125 Å². The molecule has 5 nitrogen and oxygen atoms in total. The zero-order valence-corrected chi connectivity index (χ0v) is 12.3. The van der Waals surface area contributed by atoms with E-state index in [4.69, 9.17) is 10.6 Å². The normalized spacial score (nSPS) is 26.1. The predicted molar refractivity (Wildman–Crippen MR) is 80.3 cm³/mol. The first kappa shape index (κ1) is 14.5. The van der Waals surface area contributed by atoms with Gasteiger partial charge in [-0.15, -0.1) is 0 Å². The highest BCUT2D eigenvalue weighted by Gasteiger charge is 2.31. The molecule has 1 saturated heterocycles. The number of carbonyl (C=O) groups excluding carboxylic acids is 1. The maximum Gasteiger partial charge on any atom is 0.263 e. The van der Waals surface area contributed by atoms with E-state index in [0.717, 1.165) is 38.9 Å². The lowest BCUT2D eigenvalue weighted by atomic mass is 10.0. The minimum Gasteiger partial charge on any atom is -0.364 e. The number of ether oxygens (including phenoxy) is 1. The molecule has 1 fully saturated rings. The fourth-order valence-electron chi connectivity index (χ4n) is 3.34. The summed E-state index contributed by atoms with van der Waals surface area (Å²) in [6, 6.07) is 8.67. The zero-order valence-electron chi connectivity index (χ0n) is 12.3. The molecule has 2 aliphatic heterocycles. The summed E-state index contributed by atoms with van der Waals surface area (Å²) >= 11 is 0. The zero-order chi connectivity index (χ0) is 14.7. The van der Waals surface area contributed by atoms with Gasteiger partial charge < -0.3 is 4.74 Å². The van der Waals surface area contributed by atoms with Crippen LogP contribution < -0.4 is 11.3 Å². The summed E-state index contributed by atoms with van der Waals surface area (Å²) < 4.78 is 5.81. The van der Waals surface area contributed by atoms with Crippen molar-refractivity contribution in [1.82, 2.24) is 10.3 Å². The summed E-state index contributed by atoms with van der Waals surface area (Å²) in [5.74, 6) is 4.96. The average molecular weight is 289 g/mol. The summed E-state index contributed by atoms with van der Waals surface area (Å²) in [6.45, 7) is 2.95. The number of nitrogens with zero attached hydrogens (tertiary/aromatic N) is 1. The topological polar surface area (TPSA) is 67.6 Å². The summed E-state index contributed by atoms with van der Waals surface area (Å²) in [5, 5.41) is 0. The van der Waals surface area contributed by atoms with E-state index in [9.17, 15) is 4.79 Å². The number of amides is 1. The molecular weight excluding hydrogens is 266 g/mol. The van der Waals surface area contributed by atoms with Gasteiger partial charge in [0.15, 0.2) is 0 Å². The molecule has 1 amide bonds. The largest absolute Gasteiger partial charge is 0.364 e. The van der Waals surface area contributed by atoms with Crippen LogP contribution in [0, 0.1) is 0 Å². The number of hydrogen-bond acceptors (Lipinski definition) is 4. The van der Waals surface area contributed by atoms with E-state index in [0.29, 0.717) is 0 Å². The van der Waals surface area contributed by atoms with E-state index in [1.807, 2.05) is 0 Å².